The van der Waals surface area contributed by atoms with Crippen molar-refractivity contribution in [3.63, 3.8) is 0 Å². The molecule has 1 aromatic rings. The van der Waals surface area contributed by atoms with Crippen LogP contribution in [0.25, 0.3) is 0 Å². The number of aliphatic hydroxyl groups excluding tert-OH is 1. The molecule has 5 nitrogen and oxygen atoms in total. The topological polar surface area (TPSA) is 54.2 Å². The molecule has 0 amide bonds. The Morgan fingerprint density at radius 1 is 1.26 bits per heavy atom. The van der Waals surface area contributed by atoms with Crippen molar-refractivity contribution >= 4 is 11.7 Å². The Morgan fingerprint density at radius 2 is 2.00 bits per heavy atom. The number of piperazine rings is 1. The molecule has 0 unspecified atom stereocenters. The van der Waals surface area contributed by atoms with Crippen LogP contribution in [-0.4, -0.2) is 56.0 Å². The second-order valence-corrected chi connectivity index (χ2v) is 10.8. The number of rotatable bonds is 3. The van der Waals surface area contributed by atoms with Gasteiger partial charge in [-0.05, 0) is 37.0 Å². The Balaban J connectivity index is 1.26. The van der Waals surface area contributed by atoms with Gasteiger partial charge < -0.3 is 19.6 Å². The van der Waals surface area contributed by atoms with E-state index in [0.717, 1.165) is 32.0 Å². The van der Waals surface area contributed by atoms with Crippen molar-refractivity contribution in [1.29, 1.82) is 0 Å². The first-order chi connectivity index (χ1) is 16.1. The van der Waals surface area contributed by atoms with Gasteiger partial charge in [0.2, 0.25) is 0 Å². The first-order valence-corrected chi connectivity index (χ1v) is 12.4. The zero-order chi connectivity index (χ0) is 24.3. The van der Waals surface area contributed by atoms with Gasteiger partial charge in [0, 0.05) is 23.4 Å². The highest BCUT2D eigenvalue weighted by Crippen LogP contribution is 2.55. The van der Waals surface area contributed by atoms with Crippen LogP contribution >= 0.6 is 0 Å². The fourth-order valence-electron chi connectivity index (χ4n) is 6.77. The summed E-state index contributed by atoms with van der Waals surface area (Å²) in [5.41, 5.74) is 0.860. The molecule has 1 saturated carbocycles. The minimum atomic E-state index is -4.36. The predicted molar refractivity (Wildman–Crippen MR) is 121 cm³/mol. The van der Waals surface area contributed by atoms with Gasteiger partial charge in [-0.25, -0.2) is 0 Å². The summed E-state index contributed by atoms with van der Waals surface area (Å²) >= 11 is 0. The summed E-state index contributed by atoms with van der Waals surface area (Å²) in [5, 5.41) is 11.5. The molecule has 0 radical (unpaired) electrons. The zero-order valence-electron chi connectivity index (χ0n) is 19.8. The summed E-state index contributed by atoms with van der Waals surface area (Å²) < 4.78 is 45.1. The van der Waals surface area contributed by atoms with Gasteiger partial charge in [0.1, 0.15) is 12.0 Å². The molecule has 0 aromatic heterocycles. The number of nitrogens with zero attached hydrogens (tertiary/aromatic N) is 1. The number of alkyl halides is 3. The fourth-order valence-corrected chi connectivity index (χ4v) is 6.77. The monoisotopic (exact) mass is 479 g/mol. The lowest BCUT2D eigenvalue weighted by atomic mass is 9.55. The van der Waals surface area contributed by atoms with Crippen LogP contribution in [0, 0.1) is 23.2 Å². The van der Waals surface area contributed by atoms with Crippen LogP contribution in [0.1, 0.15) is 38.7 Å². The van der Waals surface area contributed by atoms with E-state index in [4.69, 9.17) is 4.74 Å². The van der Waals surface area contributed by atoms with Crippen LogP contribution in [-0.2, 0) is 15.7 Å². The summed E-state index contributed by atoms with van der Waals surface area (Å²) in [7, 11) is 0. The Hall–Kier alpha value is -2.06. The Labute approximate surface area is 198 Å². The van der Waals surface area contributed by atoms with Crippen molar-refractivity contribution in [3.05, 3.63) is 41.5 Å². The summed E-state index contributed by atoms with van der Waals surface area (Å²) in [6.45, 7) is 7.63. The number of anilines is 1. The third-order valence-corrected chi connectivity index (χ3v) is 9.09. The molecule has 1 aromatic carbocycles. The molecule has 0 spiro atoms. The second-order valence-electron chi connectivity index (χ2n) is 10.8. The van der Waals surface area contributed by atoms with E-state index in [1.54, 1.807) is 6.07 Å². The maximum atomic E-state index is 13.1. The van der Waals surface area contributed by atoms with Crippen LogP contribution in [0.5, 0.6) is 0 Å². The van der Waals surface area contributed by atoms with Crippen molar-refractivity contribution in [1.82, 2.24) is 0 Å². The van der Waals surface area contributed by atoms with E-state index >= 15 is 0 Å². The van der Waals surface area contributed by atoms with Crippen LogP contribution < -0.4 is 9.80 Å². The van der Waals surface area contributed by atoms with E-state index < -0.39 is 17.8 Å². The molecule has 2 aliphatic carbocycles. The second kappa shape index (κ2) is 8.55. The highest BCUT2D eigenvalue weighted by atomic mass is 19.4. The minimum absolute atomic E-state index is 0.204. The third kappa shape index (κ3) is 3.92. The SMILES string of the molecule is C[C@@H]1CCC=C2C[C@H]3OC(=O)[C@@H](C[NH+]4CCN(c5cccc(C(F)(F)F)c5)CC4)[C@H]3[C@@H](O)[C@@]21C. The van der Waals surface area contributed by atoms with Gasteiger partial charge in [-0.1, -0.05) is 31.6 Å². The molecular formula is C26H34F3N2O3+. The van der Waals surface area contributed by atoms with Gasteiger partial charge >= 0.3 is 12.1 Å². The van der Waals surface area contributed by atoms with Gasteiger partial charge in [-0.15, -0.1) is 0 Å². The van der Waals surface area contributed by atoms with E-state index in [1.807, 2.05) is 4.90 Å². The number of ether oxygens (including phenoxy) is 1. The number of esters is 1. The van der Waals surface area contributed by atoms with Crippen LogP contribution in [0.15, 0.2) is 35.9 Å². The lowest BCUT2D eigenvalue weighted by molar-refractivity contribution is -0.903. The van der Waals surface area contributed by atoms with Crippen LogP contribution in [0.4, 0.5) is 18.9 Å². The lowest BCUT2D eigenvalue weighted by Gasteiger charge is -2.51. The molecule has 2 saturated heterocycles. The number of benzene rings is 1. The smallest absolute Gasteiger partial charge is 0.416 e. The van der Waals surface area contributed by atoms with Crippen molar-refractivity contribution in [2.75, 3.05) is 37.6 Å². The van der Waals surface area contributed by atoms with Gasteiger partial charge in [0.15, 0.2) is 0 Å². The average Bonchev–Trinajstić information content (AvgIpc) is 3.11. The van der Waals surface area contributed by atoms with Gasteiger partial charge in [0.05, 0.1) is 44.4 Å². The van der Waals surface area contributed by atoms with E-state index in [9.17, 15) is 23.1 Å². The lowest BCUT2D eigenvalue weighted by Crippen LogP contribution is -3.15. The van der Waals surface area contributed by atoms with E-state index in [1.165, 1.54) is 22.6 Å². The van der Waals surface area contributed by atoms with Crippen molar-refractivity contribution in [2.24, 2.45) is 23.2 Å². The van der Waals surface area contributed by atoms with Crippen molar-refractivity contribution in [2.45, 2.75) is 51.5 Å². The Morgan fingerprint density at radius 3 is 2.71 bits per heavy atom. The highest BCUT2D eigenvalue weighted by molar-refractivity contribution is 5.76. The molecular weight excluding hydrogens is 445 g/mol. The fraction of sp³-hybridized carbons (Fsp3) is 0.654. The number of carbonyl (C=O) groups is 1. The predicted octanol–water partition coefficient (Wildman–Crippen LogP) is 2.70. The number of quaternary nitrogens is 1. The molecule has 2 N–H and O–H groups in total. The number of nitrogens with one attached hydrogen (secondary N) is 1. The van der Waals surface area contributed by atoms with Gasteiger partial charge in [-0.3, -0.25) is 4.79 Å². The van der Waals surface area contributed by atoms with E-state index in [2.05, 4.69) is 19.9 Å². The summed E-state index contributed by atoms with van der Waals surface area (Å²) in [6.07, 6.45) is -0.240. The molecule has 2 heterocycles. The van der Waals surface area contributed by atoms with Gasteiger partial charge in [-0.2, -0.15) is 13.2 Å². The number of hydrogen-bond acceptors (Lipinski definition) is 4. The zero-order valence-corrected chi connectivity index (χ0v) is 19.8. The number of hydrogen-bond donors (Lipinski definition) is 2. The van der Waals surface area contributed by atoms with Crippen LogP contribution in [0.2, 0.25) is 0 Å². The molecule has 5 rings (SSSR count). The molecule has 0 bridgehead atoms. The Bertz CT molecular complexity index is 972. The standard InChI is InChI=1S/C26H33F3N2O3/c1-16-5-3-6-17-14-21-22(23(32)25(16,17)2)20(24(33)34-21)15-30-9-11-31(12-10-30)19-8-4-7-18(13-19)26(27,28)29/h4,6-8,13,16,20-23,32H,3,5,9-12,14-15H2,1-2H3/p+1/t16-,20+,21-,22-,23-,25-/m1/s1. The quantitative estimate of drug-likeness (QED) is 0.517. The summed E-state index contributed by atoms with van der Waals surface area (Å²) in [4.78, 5) is 16.1. The first kappa shape index (κ1) is 23.7. The largest absolute Gasteiger partial charge is 0.461 e. The van der Waals surface area contributed by atoms with E-state index in [-0.39, 0.29) is 29.3 Å². The van der Waals surface area contributed by atoms with E-state index in [0.29, 0.717) is 37.7 Å². The summed E-state index contributed by atoms with van der Waals surface area (Å²) in [6, 6.07) is 5.47. The molecule has 6 atom stereocenters. The molecule has 3 fully saturated rings. The van der Waals surface area contributed by atoms with Crippen LogP contribution in [0.3, 0.4) is 0 Å². The Kier molecular flexibility index (Phi) is 5.96. The van der Waals surface area contributed by atoms with Crippen molar-refractivity contribution in [3.8, 4) is 0 Å². The molecule has 186 valence electrons. The highest BCUT2D eigenvalue weighted by Gasteiger charge is 2.60. The number of halogens is 3. The normalized spacial score (nSPS) is 36.5. The maximum absolute atomic E-state index is 13.1. The maximum Gasteiger partial charge on any atom is 0.416 e. The number of allylic oxidation sites excluding steroid dienone is 1. The third-order valence-electron chi connectivity index (χ3n) is 9.09. The summed E-state index contributed by atoms with van der Waals surface area (Å²) in [5.74, 6) is -0.410. The first-order valence-electron chi connectivity index (χ1n) is 12.4. The van der Waals surface area contributed by atoms with Crippen molar-refractivity contribution < 1.29 is 32.7 Å². The number of fused-ring (bicyclic) bond motifs is 2. The molecule has 8 heteroatoms. The molecule has 4 aliphatic rings. The number of aliphatic hydroxyl groups is 1. The molecule has 2 aliphatic heterocycles. The van der Waals surface area contributed by atoms with Gasteiger partial charge in [0.25, 0.3) is 0 Å². The molecule has 34 heavy (non-hydrogen) atoms. The average molecular weight is 480 g/mol. The number of carbonyl (C=O) groups excluding carboxylic acids is 1. The minimum Gasteiger partial charge on any atom is -0.461 e.